The average molecular weight is 225 g/mol. The number of pyridine rings is 1. The van der Waals surface area contributed by atoms with Crippen molar-refractivity contribution in [2.75, 3.05) is 7.11 Å². The second-order valence-electron chi connectivity index (χ2n) is 3.75. The first-order valence-electron chi connectivity index (χ1n) is 5.30. The van der Waals surface area contributed by atoms with Crippen LogP contribution < -0.4 is 4.74 Å². The van der Waals surface area contributed by atoms with Gasteiger partial charge in [0.05, 0.1) is 18.8 Å². The lowest BCUT2D eigenvalue weighted by molar-refractivity contribution is 0.416. The molecule has 0 amide bonds. The third kappa shape index (κ3) is 1.63. The Balaban J connectivity index is 2.19. The topological polar surface area (TPSA) is 50.8 Å². The third-order valence-electron chi connectivity index (χ3n) is 2.75. The predicted molar refractivity (Wildman–Crippen MR) is 65.9 cm³/mol. The van der Waals surface area contributed by atoms with Gasteiger partial charge in [-0.15, -0.1) is 0 Å². The number of nitrogens with one attached hydrogen (secondary N) is 1. The van der Waals surface area contributed by atoms with Crippen LogP contribution in [0.4, 0.5) is 0 Å². The molecule has 0 saturated heterocycles. The highest BCUT2D eigenvalue weighted by Crippen LogP contribution is 2.30. The molecule has 84 valence electrons. The van der Waals surface area contributed by atoms with Crippen LogP contribution >= 0.6 is 0 Å². The van der Waals surface area contributed by atoms with E-state index in [1.807, 2.05) is 24.4 Å². The van der Waals surface area contributed by atoms with Crippen molar-refractivity contribution in [2.24, 2.45) is 0 Å². The van der Waals surface area contributed by atoms with Gasteiger partial charge >= 0.3 is 0 Å². The molecule has 0 aliphatic carbocycles. The van der Waals surface area contributed by atoms with Crippen LogP contribution in [-0.2, 0) is 0 Å². The summed E-state index contributed by atoms with van der Waals surface area (Å²) in [5.41, 5.74) is 3.08. The Morgan fingerprint density at radius 3 is 3.00 bits per heavy atom. The largest absolute Gasteiger partial charge is 0.496 e. The average Bonchev–Trinajstić information content (AvgIpc) is 2.85. The normalized spacial score (nSPS) is 10.6. The van der Waals surface area contributed by atoms with Gasteiger partial charge in [0.1, 0.15) is 5.75 Å². The van der Waals surface area contributed by atoms with Crippen molar-refractivity contribution in [1.82, 2.24) is 15.2 Å². The van der Waals surface area contributed by atoms with Crippen LogP contribution in [0.1, 0.15) is 0 Å². The maximum atomic E-state index is 5.33. The molecule has 1 aromatic carbocycles. The summed E-state index contributed by atoms with van der Waals surface area (Å²) in [7, 11) is 1.66. The molecule has 4 nitrogen and oxygen atoms in total. The number of hydrogen-bond donors (Lipinski definition) is 1. The molecule has 0 atom stereocenters. The van der Waals surface area contributed by atoms with Crippen LogP contribution in [-0.4, -0.2) is 22.3 Å². The van der Waals surface area contributed by atoms with Crippen LogP contribution in [0.5, 0.6) is 5.75 Å². The Morgan fingerprint density at radius 2 is 2.12 bits per heavy atom. The Labute approximate surface area is 98.3 Å². The molecule has 4 heteroatoms. The van der Waals surface area contributed by atoms with Gasteiger partial charge in [-0.25, -0.2) is 0 Å². The first kappa shape index (κ1) is 9.84. The number of aromatic nitrogens is 3. The number of nitrogens with zero attached hydrogens (tertiary/aromatic N) is 2. The van der Waals surface area contributed by atoms with E-state index < -0.39 is 0 Å². The molecule has 0 fully saturated rings. The van der Waals surface area contributed by atoms with E-state index in [0.717, 1.165) is 27.8 Å². The zero-order chi connectivity index (χ0) is 11.7. The highest BCUT2D eigenvalue weighted by molar-refractivity contribution is 5.85. The van der Waals surface area contributed by atoms with Gasteiger partial charge in [-0.2, -0.15) is 5.10 Å². The summed E-state index contributed by atoms with van der Waals surface area (Å²) < 4.78 is 5.33. The Hall–Kier alpha value is -2.36. The minimum atomic E-state index is 0.822. The zero-order valence-corrected chi connectivity index (χ0v) is 9.34. The zero-order valence-electron chi connectivity index (χ0n) is 9.34. The highest BCUT2D eigenvalue weighted by Gasteiger charge is 2.06. The number of fused-ring (bicyclic) bond motifs is 1. The van der Waals surface area contributed by atoms with E-state index in [2.05, 4.69) is 21.2 Å². The van der Waals surface area contributed by atoms with E-state index in [9.17, 15) is 0 Å². The Kier molecular flexibility index (Phi) is 2.26. The van der Waals surface area contributed by atoms with E-state index in [1.165, 1.54) is 0 Å². The maximum Gasteiger partial charge on any atom is 0.129 e. The lowest BCUT2D eigenvalue weighted by Gasteiger charge is -2.07. The Bertz CT molecular complexity index is 660. The number of rotatable bonds is 2. The minimum Gasteiger partial charge on any atom is -0.496 e. The summed E-state index contributed by atoms with van der Waals surface area (Å²) in [6, 6.07) is 7.96. The van der Waals surface area contributed by atoms with Crippen molar-refractivity contribution in [3.05, 3.63) is 42.9 Å². The molecule has 3 rings (SSSR count). The summed E-state index contributed by atoms with van der Waals surface area (Å²) in [4.78, 5) is 4.13. The maximum absolute atomic E-state index is 5.33. The molecular formula is C13H11N3O. The fourth-order valence-electron chi connectivity index (χ4n) is 1.89. The van der Waals surface area contributed by atoms with Crippen molar-refractivity contribution in [2.45, 2.75) is 0 Å². The summed E-state index contributed by atoms with van der Waals surface area (Å²) in [5, 5.41) is 8.01. The lowest BCUT2D eigenvalue weighted by atomic mass is 10.1. The molecule has 0 saturated carbocycles. The standard InChI is InChI=1S/C13H11N3O/c1-17-13-4-5-14-8-11(13)9-2-3-12-10(6-9)7-15-16-12/h2-8H,1H3,(H,15,16). The van der Waals surface area contributed by atoms with Gasteiger partial charge in [-0.1, -0.05) is 6.07 Å². The smallest absolute Gasteiger partial charge is 0.129 e. The van der Waals surface area contributed by atoms with Crippen LogP contribution in [0.25, 0.3) is 22.0 Å². The van der Waals surface area contributed by atoms with Crippen molar-refractivity contribution in [3.8, 4) is 16.9 Å². The third-order valence-corrected chi connectivity index (χ3v) is 2.75. The van der Waals surface area contributed by atoms with Gasteiger partial charge in [0.15, 0.2) is 0 Å². The molecular weight excluding hydrogens is 214 g/mol. The second kappa shape index (κ2) is 3.90. The predicted octanol–water partition coefficient (Wildman–Crippen LogP) is 2.63. The van der Waals surface area contributed by atoms with Gasteiger partial charge in [-0.3, -0.25) is 10.1 Å². The monoisotopic (exact) mass is 225 g/mol. The first-order valence-corrected chi connectivity index (χ1v) is 5.30. The molecule has 0 unspecified atom stereocenters. The van der Waals surface area contributed by atoms with Crippen molar-refractivity contribution in [1.29, 1.82) is 0 Å². The molecule has 2 aromatic heterocycles. The van der Waals surface area contributed by atoms with E-state index in [0.29, 0.717) is 0 Å². The number of H-pyrrole nitrogens is 1. The molecule has 0 bridgehead atoms. The fourth-order valence-corrected chi connectivity index (χ4v) is 1.89. The van der Waals surface area contributed by atoms with E-state index in [4.69, 9.17) is 4.74 Å². The molecule has 3 aromatic rings. The Morgan fingerprint density at radius 1 is 1.18 bits per heavy atom. The lowest BCUT2D eigenvalue weighted by Crippen LogP contribution is -1.88. The molecule has 2 heterocycles. The van der Waals surface area contributed by atoms with Crippen LogP contribution in [0.2, 0.25) is 0 Å². The molecule has 0 aliphatic heterocycles. The summed E-state index contributed by atoms with van der Waals surface area (Å²) in [6.45, 7) is 0. The highest BCUT2D eigenvalue weighted by atomic mass is 16.5. The van der Waals surface area contributed by atoms with Crippen molar-refractivity contribution >= 4 is 10.9 Å². The molecule has 0 spiro atoms. The van der Waals surface area contributed by atoms with Gasteiger partial charge in [0.2, 0.25) is 0 Å². The van der Waals surface area contributed by atoms with Crippen molar-refractivity contribution < 1.29 is 4.74 Å². The van der Waals surface area contributed by atoms with Crippen LogP contribution in [0.15, 0.2) is 42.9 Å². The number of methoxy groups -OCH3 is 1. The number of hydrogen-bond acceptors (Lipinski definition) is 3. The minimum absolute atomic E-state index is 0.822. The van der Waals surface area contributed by atoms with Gasteiger partial charge in [0, 0.05) is 23.3 Å². The summed E-state index contributed by atoms with van der Waals surface area (Å²) in [6.07, 6.45) is 5.33. The van der Waals surface area contributed by atoms with Crippen molar-refractivity contribution in [3.63, 3.8) is 0 Å². The van der Waals surface area contributed by atoms with E-state index in [1.54, 1.807) is 19.5 Å². The SMILES string of the molecule is COc1ccncc1-c1ccc2[nH]ncc2c1. The molecule has 0 radical (unpaired) electrons. The molecule has 0 aliphatic rings. The van der Waals surface area contributed by atoms with Gasteiger partial charge in [0.25, 0.3) is 0 Å². The van der Waals surface area contributed by atoms with E-state index in [-0.39, 0.29) is 0 Å². The first-order chi connectivity index (χ1) is 8.38. The van der Waals surface area contributed by atoms with Crippen LogP contribution in [0.3, 0.4) is 0 Å². The number of aromatic amines is 1. The second-order valence-corrected chi connectivity index (χ2v) is 3.75. The summed E-state index contributed by atoms with van der Waals surface area (Å²) >= 11 is 0. The van der Waals surface area contributed by atoms with Crippen LogP contribution in [0, 0.1) is 0 Å². The van der Waals surface area contributed by atoms with Gasteiger partial charge in [-0.05, 0) is 23.8 Å². The van der Waals surface area contributed by atoms with Gasteiger partial charge < -0.3 is 4.74 Å². The number of benzene rings is 1. The molecule has 1 N–H and O–H groups in total. The van der Waals surface area contributed by atoms with E-state index >= 15 is 0 Å². The molecule has 17 heavy (non-hydrogen) atoms. The fraction of sp³-hybridized carbons (Fsp3) is 0.0769. The number of ether oxygens (including phenoxy) is 1. The summed E-state index contributed by atoms with van der Waals surface area (Å²) in [5.74, 6) is 0.822. The quantitative estimate of drug-likeness (QED) is 0.729.